The lowest BCUT2D eigenvalue weighted by molar-refractivity contribution is -0.119. The highest BCUT2D eigenvalue weighted by atomic mass is 16.5. The Labute approximate surface area is 208 Å². The van der Waals surface area contributed by atoms with Crippen LogP contribution in [0.1, 0.15) is 43.9 Å². The maximum absolute atomic E-state index is 13.2. The third-order valence-electron chi connectivity index (χ3n) is 6.39. The largest absolute Gasteiger partial charge is 0.493 e. The number of hydrogen-bond donors (Lipinski definition) is 2. The smallest absolute Gasteiger partial charge is 0.262 e. The molecule has 1 aliphatic heterocycles. The van der Waals surface area contributed by atoms with Gasteiger partial charge in [0.15, 0.2) is 23.9 Å². The molecule has 10 heteroatoms. The van der Waals surface area contributed by atoms with E-state index in [9.17, 15) is 9.59 Å². The highest BCUT2D eigenvalue weighted by Gasteiger charge is 2.42. The number of allylic oxidation sites excluding steroid dienone is 2. The Morgan fingerprint density at radius 1 is 1.17 bits per heavy atom. The number of aromatic nitrogens is 4. The van der Waals surface area contributed by atoms with Gasteiger partial charge in [0.25, 0.3) is 5.91 Å². The van der Waals surface area contributed by atoms with E-state index < -0.39 is 6.04 Å². The van der Waals surface area contributed by atoms with Crippen molar-refractivity contribution < 1.29 is 19.1 Å². The Morgan fingerprint density at radius 2 is 1.94 bits per heavy atom. The summed E-state index contributed by atoms with van der Waals surface area (Å²) in [5.41, 5.74) is 3.93. The van der Waals surface area contributed by atoms with Crippen LogP contribution in [0, 0.1) is 12.3 Å². The molecule has 2 N–H and O–H groups in total. The van der Waals surface area contributed by atoms with Gasteiger partial charge in [-0.15, -0.1) is 0 Å². The molecule has 36 heavy (non-hydrogen) atoms. The predicted molar refractivity (Wildman–Crippen MR) is 133 cm³/mol. The lowest BCUT2D eigenvalue weighted by Crippen LogP contribution is -2.36. The summed E-state index contributed by atoms with van der Waals surface area (Å²) in [6.45, 7) is 5.95. The molecule has 1 aliphatic carbocycles. The van der Waals surface area contributed by atoms with Crippen molar-refractivity contribution in [1.82, 2.24) is 20.2 Å². The van der Waals surface area contributed by atoms with Gasteiger partial charge in [0.2, 0.25) is 5.95 Å². The maximum atomic E-state index is 13.2. The number of nitrogens with one attached hydrogen (secondary N) is 2. The minimum atomic E-state index is -0.498. The maximum Gasteiger partial charge on any atom is 0.262 e. The summed E-state index contributed by atoms with van der Waals surface area (Å²) < 4.78 is 12.9. The number of amides is 1. The summed E-state index contributed by atoms with van der Waals surface area (Å²) in [6.07, 6.45) is 1.15. The van der Waals surface area contributed by atoms with E-state index in [0.717, 1.165) is 16.8 Å². The number of tetrazole rings is 1. The van der Waals surface area contributed by atoms with Crippen molar-refractivity contribution in [3.63, 3.8) is 0 Å². The Kier molecular flexibility index (Phi) is 5.95. The van der Waals surface area contributed by atoms with E-state index in [1.807, 2.05) is 37.3 Å². The summed E-state index contributed by atoms with van der Waals surface area (Å²) >= 11 is 0. The van der Waals surface area contributed by atoms with Gasteiger partial charge in [0.1, 0.15) is 6.04 Å². The molecule has 186 valence electrons. The van der Waals surface area contributed by atoms with Gasteiger partial charge >= 0.3 is 0 Å². The molecule has 0 saturated carbocycles. The molecule has 2 aromatic carbocycles. The predicted octanol–water partition coefficient (Wildman–Crippen LogP) is 3.67. The molecule has 0 saturated heterocycles. The number of fused-ring (bicyclic) bond motifs is 1. The van der Waals surface area contributed by atoms with Crippen LogP contribution in [0.2, 0.25) is 0 Å². The second-order valence-corrected chi connectivity index (χ2v) is 9.92. The van der Waals surface area contributed by atoms with E-state index in [0.29, 0.717) is 41.5 Å². The standard InChI is InChI=1S/C26H28N6O4/c1-15-5-8-17(9-6-15)27-22(34)14-36-20-10-7-16(11-21(20)35-4)24-23-18(12-26(2,3)13-19(23)33)28-25-29-30-31-32(24)25/h5-11,24H,12-14H2,1-4H3,(H,27,34)(H,28,29,31). The molecule has 1 unspecified atom stereocenters. The average molecular weight is 489 g/mol. The summed E-state index contributed by atoms with van der Waals surface area (Å²) in [4.78, 5) is 25.6. The van der Waals surface area contributed by atoms with E-state index >= 15 is 0 Å². The number of carbonyl (C=O) groups excluding carboxylic acids is 2. The SMILES string of the molecule is COc1cc(C2C3=C(CC(C)(C)CC3=O)Nc3nnnn32)ccc1OCC(=O)Nc1ccc(C)cc1. The van der Waals surface area contributed by atoms with Gasteiger partial charge in [-0.2, -0.15) is 4.68 Å². The van der Waals surface area contributed by atoms with Crippen molar-refractivity contribution in [1.29, 1.82) is 0 Å². The van der Waals surface area contributed by atoms with Crippen LogP contribution in [-0.2, 0) is 9.59 Å². The zero-order valence-electron chi connectivity index (χ0n) is 20.7. The van der Waals surface area contributed by atoms with Crippen LogP contribution in [0.4, 0.5) is 11.6 Å². The van der Waals surface area contributed by atoms with E-state index in [1.165, 1.54) is 7.11 Å². The number of Topliss-reactive ketones (excluding diaryl/α,β-unsaturated/α-hetero) is 1. The number of rotatable bonds is 6. The number of carbonyl (C=O) groups is 2. The summed E-state index contributed by atoms with van der Waals surface area (Å²) in [5.74, 6) is 1.11. The van der Waals surface area contributed by atoms with Crippen molar-refractivity contribution in [3.05, 3.63) is 64.9 Å². The monoisotopic (exact) mass is 488 g/mol. The van der Waals surface area contributed by atoms with Crippen molar-refractivity contribution in [2.45, 2.75) is 39.7 Å². The summed E-state index contributed by atoms with van der Waals surface area (Å²) in [5, 5.41) is 18.1. The van der Waals surface area contributed by atoms with Gasteiger partial charge in [-0.1, -0.05) is 42.7 Å². The first-order chi connectivity index (χ1) is 17.2. The molecule has 0 radical (unpaired) electrons. The summed E-state index contributed by atoms with van der Waals surface area (Å²) in [6, 6.07) is 12.4. The van der Waals surface area contributed by atoms with Crippen LogP contribution in [0.25, 0.3) is 0 Å². The van der Waals surface area contributed by atoms with Crippen LogP contribution in [0.5, 0.6) is 11.5 Å². The van der Waals surface area contributed by atoms with Gasteiger partial charge < -0.3 is 20.1 Å². The quantitative estimate of drug-likeness (QED) is 0.539. The molecule has 1 amide bonds. The van der Waals surface area contributed by atoms with E-state index in [2.05, 4.69) is 40.0 Å². The van der Waals surface area contributed by atoms with Gasteiger partial charge in [0, 0.05) is 23.4 Å². The Balaban J connectivity index is 1.39. The number of methoxy groups -OCH3 is 1. The Hall–Kier alpha value is -4.21. The molecule has 5 rings (SSSR count). The van der Waals surface area contributed by atoms with Crippen LogP contribution >= 0.6 is 0 Å². The fourth-order valence-electron chi connectivity index (χ4n) is 4.73. The molecule has 10 nitrogen and oxygen atoms in total. The lowest BCUT2D eigenvalue weighted by Gasteiger charge is -2.37. The summed E-state index contributed by atoms with van der Waals surface area (Å²) in [7, 11) is 1.53. The molecule has 0 bridgehead atoms. The van der Waals surface area contributed by atoms with Crippen LogP contribution in [-0.4, -0.2) is 45.6 Å². The van der Waals surface area contributed by atoms with Crippen molar-refractivity contribution in [2.24, 2.45) is 5.41 Å². The van der Waals surface area contributed by atoms with Gasteiger partial charge in [-0.3, -0.25) is 9.59 Å². The van der Waals surface area contributed by atoms with Gasteiger partial charge in [-0.05, 0) is 59.0 Å². The minimum Gasteiger partial charge on any atom is -0.493 e. The number of ether oxygens (including phenoxy) is 2. The molecule has 3 aromatic rings. The zero-order chi connectivity index (χ0) is 25.4. The molecule has 2 heterocycles. The normalized spacial score (nSPS) is 18.1. The minimum absolute atomic E-state index is 0.0620. The highest BCUT2D eigenvalue weighted by Crippen LogP contribution is 2.46. The van der Waals surface area contributed by atoms with Gasteiger partial charge in [-0.25, -0.2) is 0 Å². The number of nitrogens with zero attached hydrogens (tertiary/aromatic N) is 4. The van der Waals surface area contributed by atoms with Crippen molar-refractivity contribution in [3.8, 4) is 11.5 Å². The Morgan fingerprint density at radius 3 is 2.69 bits per heavy atom. The first-order valence-electron chi connectivity index (χ1n) is 11.7. The molecular formula is C26H28N6O4. The molecule has 1 atom stereocenters. The fourth-order valence-corrected chi connectivity index (χ4v) is 4.73. The number of aryl methyl sites for hydroxylation is 1. The number of benzene rings is 2. The first-order valence-corrected chi connectivity index (χ1v) is 11.7. The van der Waals surface area contributed by atoms with Crippen LogP contribution < -0.4 is 20.1 Å². The average Bonchev–Trinajstić information content (AvgIpc) is 3.30. The second kappa shape index (κ2) is 9.10. The highest BCUT2D eigenvalue weighted by molar-refractivity contribution is 6.00. The molecule has 2 aliphatic rings. The van der Waals surface area contributed by atoms with Crippen LogP contribution in [0.3, 0.4) is 0 Å². The topological polar surface area (TPSA) is 120 Å². The molecule has 0 fully saturated rings. The molecular weight excluding hydrogens is 460 g/mol. The number of ketones is 1. The van der Waals surface area contributed by atoms with E-state index in [1.54, 1.807) is 16.8 Å². The van der Waals surface area contributed by atoms with Gasteiger partial charge in [0.05, 0.1) is 7.11 Å². The zero-order valence-corrected chi connectivity index (χ0v) is 20.7. The third kappa shape index (κ3) is 4.53. The van der Waals surface area contributed by atoms with Crippen molar-refractivity contribution >= 4 is 23.3 Å². The van der Waals surface area contributed by atoms with Crippen LogP contribution in [0.15, 0.2) is 53.7 Å². The van der Waals surface area contributed by atoms with E-state index in [4.69, 9.17) is 9.47 Å². The third-order valence-corrected chi connectivity index (χ3v) is 6.39. The molecule has 0 spiro atoms. The lowest BCUT2D eigenvalue weighted by atomic mass is 9.73. The Bertz CT molecular complexity index is 1360. The van der Waals surface area contributed by atoms with E-state index in [-0.39, 0.29) is 23.7 Å². The number of hydrogen-bond acceptors (Lipinski definition) is 8. The second-order valence-electron chi connectivity index (χ2n) is 9.92. The number of anilines is 2. The van der Waals surface area contributed by atoms with Crippen molar-refractivity contribution in [2.75, 3.05) is 24.4 Å². The molecule has 1 aromatic heterocycles. The first kappa shape index (κ1) is 23.5. The fraction of sp³-hybridized carbons (Fsp3) is 0.346.